The summed E-state index contributed by atoms with van der Waals surface area (Å²) < 4.78 is 4.93. The quantitative estimate of drug-likeness (QED) is 0.821. The molecule has 0 fully saturated rings. The van der Waals surface area contributed by atoms with Crippen LogP contribution < -0.4 is 5.76 Å². The predicted molar refractivity (Wildman–Crippen MR) is 59.1 cm³/mol. The Kier molecular flexibility index (Phi) is 2.60. The molecule has 0 saturated carbocycles. The number of hydrogen-bond donors (Lipinski definition) is 1. The minimum atomic E-state index is -0.394. The number of oxazole rings is 1. The summed E-state index contributed by atoms with van der Waals surface area (Å²) in [4.78, 5) is 15.7. The summed E-state index contributed by atoms with van der Waals surface area (Å²) in [5, 5.41) is 0. The van der Waals surface area contributed by atoms with Gasteiger partial charge in [0, 0.05) is 6.54 Å². The Balaban J connectivity index is 2.26. The lowest BCUT2D eigenvalue weighted by Crippen LogP contribution is -2.14. The van der Waals surface area contributed by atoms with Gasteiger partial charge in [-0.3, -0.25) is 4.98 Å². The van der Waals surface area contributed by atoms with Gasteiger partial charge in [0.2, 0.25) is 0 Å². The van der Waals surface area contributed by atoms with Crippen molar-refractivity contribution in [3.63, 3.8) is 0 Å². The molecule has 0 bridgehead atoms. The molecule has 1 heterocycles. The van der Waals surface area contributed by atoms with Gasteiger partial charge in [-0.05, 0) is 38.2 Å². The van der Waals surface area contributed by atoms with Crippen molar-refractivity contribution >= 4 is 11.1 Å². The first kappa shape index (κ1) is 9.98. The Hall–Kier alpha value is -1.55. The molecule has 0 amide bonds. The van der Waals surface area contributed by atoms with Crippen LogP contribution >= 0.6 is 0 Å². The van der Waals surface area contributed by atoms with E-state index in [0.717, 1.165) is 18.5 Å². The van der Waals surface area contributed by atoms with Crippen molar-refractivity contribution in [3.05, 3.63) is 34.3 Å². The predicted octanol–water partition coefficient (Wildman–Crippen LogP) is 1.23. The van der Waals surface area contributed by atoms with E-state index in [2.05, 4.69) is 9.88 Å². The van der Waals surface area contributed by atoms with Gasteiger partial charge in [0.25, 0.3) is 0 Å². The average molecular weight is 206 g/mol. The highest BCUT2D eigenvalue weighted by Crippen LogP contribution is 2.12. The van der Waals surface area contributed by atoms with Crippen LogP contribution in [-0.4, -0.2) is 30.5 Å². The van der Waals surface area contributed by atoms with Gasteiger partial charge in [0.1, 0.15) is 0 Å². The van der Waals surface area contributed by atoms with Crippen molar-refractivity contribution in [2.45, 2.75) is 6.42 Å². The molecule has 4 nitrogen and oxygen atoms in total. The third-order valence-electron chi connectivity index (χ3n) is 2.33. The molecule has 1 aromatic heterocycles. The van der Waals surface area contributed by atoms with Crippen LogP contribution in [0.5, 0.6) is 0 Å². The fourth-order valence-electron chi connectivity index (χ4n) is 1.51. The molecule has 2 aromatic rings. The highest BCUT2D eigenvalue weighted by molar-refractivity contribution is 5.72. The first-order chi connectivity index (χ1) is 7.15. The van der Waals surface area contributed by atoms with Gasteiger partial charge < -0.3 is 9.32 Å². The standard InChI is InChI=1S/C11H14N2O2/c1-13(2)6-5-8-3-4-10-9(7-8)12-11(14)15-10/h3-4,7H,5-6H2,1-2H3,(H,12,14). The fraction of sp³-hybridized carbons (Fsp3) is 0.364. The molecule has 80 valence electrons. The number of fused-ring (bicyclic) bond motifs is 1. The zero-order valence-electron chi connectivity index (χ0n) is 8.91. The summed E-state index contributed by atoms with van der Waals surface area (Å²) in [6.07, 6.45) is 0.968. The van der Waals surface area contributed by atoms with E-state index in [1.807, 2.05) is 32.3 Å². The second kappa shape index (κ2) is 3.90. The SMILES string of the molecule is CN(C)CCc1ccc2oc(=O)[nH]c2c1. The van der Waals surface area contributed by atoms with Crippen LogP contribution in [0.1, 0.15) is 5.56 Å². The summed E-state index contributed by atoms with van der Waals surface area (Å²) in [6.45, 7) is 0.994. The smallest absolute Gasteiger partial charge is 0.408 e. The van der Waals surface area contributed by atoms with Crippen molar-refractivity contribution in [2.75, 3.05) is 20.6 Å². The molecule has 0 saturated heterocycles. The number of nitrogens with zero attached hydrogens (tertiary/aromatic N) is 1. The molecule has 1 aromatic carbocycles. The van der Waals surface area contributed by atoms with Crippen LogP contribution in [0, 0.1) is 0 Å². The third-order valence-corrected chi connectivity index (χ3v) is 2.33. The maximum Gasteiger partial charge on any atom is 0.417 e. The third kappa shape index (κ3) is 2.27. The van der Waals surface area contributed by atoms with Gasteiger partial charge in [-0.2, -0.15) is 0 Å². The summed E-state index contributed by atoms with van der Waals surface area (Å²) in [5.74, 6) is -0.394. The minimum Gasteiger partial charge on any atom is -0.408 e. The van der Waals surface area contributed by atoms with Crippen molar-refractivity contribution in [1.82, 2.24) is 9.88 Å². The first-order valence-corrected chi connectivity index (χ1v) is 4.91. The van der Waals surface area contributed by atoms with E-state index in [0.29, 0.717) is 5.58 Å². The normalized spacial score (nSPS) is 11.4. The highest BCUT2D eigenvalue weighted by Gasteiger charge is 2.02. The van der Waals surface area contributed by atoms with Gasteiger partial charge >= 0.3 is 5.76 Å². The summed E-state index contributed by atoms with van der Waals surface area (Å²) in [6, 6.07) is 5.78. The first-order valence-electron chi connectivity index (χ1n) is 4.91. The van der Waals surface area contributed by atoms with Crippen LogP contribution in [0.25, 0.3) is 11.1 Å². The minimum absolute atomic E-state index is 0.394. The summed E-state index contributed by atoms with van der Waals surface area (Å²) >= 11 is 0. The molecule has 4 heteroatoms. The molecular formula is C11H14N2O2. The Morgan fingerprint density at radius 2 is 2.20 bits per heavy atom. The number of aromatic nitrogens is 1. The van der Waals surface area contributed by atoms with Gasteiger partial charge in [-0.25, -0.2) is 4.79 Å². The summed E-state index contributed by atoms with van der Waals surface area (Å²) in [7, 11) is 4.08. The van der Waals surface area contributed by atoms with Crippen molar-refractivity contribution < 1.29 is 4.42 Å². The molecule has 0 spiro atoms. The lowest BCUT2D eigenvalue weighted by atomic mass is 10.1. The maximum absolute atomic E-state index is 10.9. The molecule has 0 atom stereocenters. The molecule has 0 aliphatic rings. The van der Waals surface area contributed by atoms with E-state index in [-0.39, 0.29) is 0 Å². The molecular weight excluding hydrogens is 192 g/mol. The van der Waals surface area contributed by atoms with Gasteiger partial charge in [0.05, 0.1) is 5.52 Å². The Morgan fingerprint density at radius 3 is 2.93 bits per heavy atom. The zero-order valence-corrected chi connectivity index (χ0v) is 8.91. The molecule has 0 unspecified atom stereocenters. The number of hydrogen-bond acceptors (Lipinski definition) is 3. The van der Waals surface area contributed by atoms with E-state index >= 15 is 0 Å². The van der Waals surface area contributed by atoms with Crippen molar-refractivity contribution in [1.29, 1.82) is 0 Å². The number of rotatable bonds is 3. The number of nitrogens with one attached hydrogen (secondary N) is 1. The maximum atomic E-state index is 10.9. The van der Waals surface area contributed by atoms with Gasteiger partial charge in [-0.15, -0.1) is 0 Å². The van der Waals surface area contributed by atoms with Crippen LogP contribution in [0.3, 0.4) is 0 Å². The second-order valence-corrected chi connectivity index (χ2v) is 3.90. The Morgan fingerprint density at radius 1 is 1.40 bits per heavy atom. The van der Waals surface area contributed by atoms with Gasteiger partial charge in [-0.1, -0.05) is 6.07 Å². The van der Waals surface area contributed by atoms with E-state index < -0.39 is 5.76 Å². The number of H-pyrrole nitrogens is 1. The van der Waals surface area contributed by atoms with Crippen LogP contribution in [0.2, 0.25) is 0 Å². The van der Waals surface area contributed by atoms with Crippen molar-refractivity contribution in [2.24, 2.45) is 0 Å². The monoisotopic (exact) mass is 206 g/mol. The lowest BCUT2D eigenvalue weighted by molar-refractivity contribution is 0.414. The van der Waals surface area contributed by atoms with E-state index in [1.54, 1.807) is 0 Å². The highest BCUT2D eigenvalue weighted by atomic mass is 16.4. The van der Waals surface area contributed by atoms with Crippen LogP contribution in [0.4, 0.5) is 0 Å². The number of aromatic amines is 1. The topological polar surface area (TPSA) is 49.2 Å². The molecule has 0 radical (unpaired) electrons. The second-order valence-electron chi connectivity index (χ2n) is 3.90. The van der Waals surface area contributed by atoms with Crippen LogP contribution in [-0.2, 0) is 6.42 Å². The van der Waals surface area contributed by atoms with Crippen molar-refractivity contribution in [3.8, 4) is 0 Å². The lowest BCUT2D eigenvalue weighted by Gasteiger charge is -2.08. The molecule has 0 aliphatic heterocycles. The zero-order chi connectivity index (χ0) is 10.8. The number of likely N-dealkylation sites (N-methyl/N-ethyl adjacent to an activating group) is 1. The van der Waals surface area contributed by atoms with E-state index in [9.17, 15) is 4.79 Å². The van der Waals surface area contributed by atoms with Gasteiger partial charge in [0.15, 0.2) is 5.58 Å². The molecule has 1 N–H and O–H groups in total. The fourth-order valence-corrected chi connectivity index (χ4v) is 1.51. The molecule has 0 aliphatic carbocycles. The summed E-state index contributed by atoms with van der Waals surface area (Å²) in [5.41, 5.74) is 2.60. The van der Waals surface area contributed by atoms with E-state index in [4.69, 9.17) is 4.42 Å². The van der Waals surface area contributed by atoms with Crippen LogP contribution in [0.15, 0.2) is 27.4 Å². The number of benzene rings is 1. The van der Waals surface area contributed by atoms with E-state index in [1.165, 1.54) is 5.56 Å². The average Bonchev–Trinajstić information content (AvgIpc) is 2.53. The Bertz CT molecular complexity index is 511. The molecule has 2 rings (SSSR count). The molecule has 15 heavy (non-hydrogen) atoms. The largest absolute Gasteiger partial charge is 0.417 e. The Labute approximate surface area is 87.5 Å².